The molecule has 0 saturated carbocycles. The number of hydrogen-bond donors (Lipinski definition) is 1. The average molecular weight is 302 g/mol. The smallest absolute Gasteiger partial charge is 0.280 e. The number of nitrogen functional groups attached to an aromatic ring is 1. The molecule has 1 aromatic heterocycles. The highest BCUT2D eigenvalue weighted by atomic mass is 16.6. The molecule has 116 valence electrons. The zero-order valence-electron chi connectivity index (χ0n) is 12.6. The molecule has 7 nitrogen and oxygen atoms in total. The van der Waals surface area contributed by atoms with Gasteiger partial charge in [0, 0.05) is 5.56 Å². The molecule has 22 heavy (non-hydrogen) atoms. The molecule has 0 atom stereocenters. The molecule has 0 spiro atoms. The predicted molar refractivity (Wildman–Crippen MR) is 80.7 cm³/mol. The molecule has 0 aliphatic carbocycles. The summed E-state index contributed by atoms with van der Waals surface area (Å²) in [6, 6.07) is 10.4. The Balaban J connectivity index is 1.62. The summed E-state index contributed by atoms with van der Waals surface area (Å²) >= 11 is 0. The summed E-state index contributed by atoms with van der Waals surface area (Å²) in [5.74, 6) is -0.151. The second kappa shape index (κ2) is 5.76. The van der Waals surface area contributed by atoms with Crippen molar-refractivity contribution >= 4 is 11.7 Å². The van der Waals surface area contributed by atoms with Crippen LogP contribution in [0.1, 0.15) is 16.1 Å². The molecule has 2 aromatic rings. The van der Waals surface area contributed by atoms with E-state index in [1.807, 2.05) is 6.07 Å². The molecule has 3 rings (SSSR count). The lowest BCUT2D eigenvalue weighted by Gasteiger charge is -2.41. The maximum absolute atomic E-state index is 12.3. The van der Waals surface area contributed by atoms with Gasteiger partial charge in [0.2, 0.25) is 11.5 Å². The van der Waals surface area contributed by atoms with Crippen LogP contribution in [-0.2, 0) is 6.54 Å². The van der Waals surface area contributed by atoms with Crippen molar-refractivity contribution in [2.24, 2.45) is 0 Å². The van der Waals surface area contributed by atoms with Crippen LogP contribution < -0.4 is 5.73 Å². The Morgan fingerprint density at radius 1 is 1.27 bits per heavy atom. The van der Waals surface area contributed by atoms with Crippen molar-refractivity contribution in [2.75, 3.05) is 39.0 Å². The summed E-state index contributed by atoms with van der Waals surface area (Å²) in [7, 11) is 2.22. The molecule has 1 aliphatic heterocycles. The van der Waals surface area contributed by atoms with Crippen LogP contribution in [0.4, 0.5) is 5.82 Å². The fourth-order valence-corrected chi connectivity index (χ4v) is 2.83. The van der Waals surface area contributed by atoms with E-state index in [1.54, 1.807) is 4.90 Å². The van der Waals surface area contributed by atoms with Crippen LogP contribution in [0.5, 0.6) is 0 Å². The molecule has 1 fully saturated rings. The molecule has 1 aromatic carbocycles. The van der Waals surface area contributed by atoms with E-state index in [0.29, 0.717) is 13.1 Å². The van der Waals surface area contributed by atoms with Gasteiger partial charge in [-0.2, -0.15) is 0 Å². The third kappa shape index (κ3) is 2.94. The molecule has 0 radical (unpaired) electrons. The normalized spacial score (nSPS) is 17.4. The first-order valence-corrected chi connectivity index (χ1v) is 7.32. The van der Waals surface area contributed by atoms with Gasteiger partial charge in [0.25, 0.3) is 5.91 Å². The van der Waals surface area contributed by atoms with Crippen LogP contribution in [0.25, 0.3) is 0 Å². The number of nitrogens with two attached hydrogens (primary N) is 1. The first-order chi connectivity index (χ1) is 10.6. The Bertz CT molecular complexity index is 647. The molecule has 2 N–H and O–H groups in total. The second-order valence-electron chi connectivity index (χ2n) is 6.00. The molecule has 7 heteroatoms. The van der Waals surface area contributed by atoms with E-state index in [1.165, 1.54) is 5.56 Å². The van der Waals surface area contributed by atoms with Gasteiger partial charge in [-0.25, -0.2) is 4.63 Å². The monoisotopic (exact) mass is 302 g/mol. The zero-order chi connectivity index (χ0) is 15.6. The Kier molecular flexibility index (Phi) is 3.81. The maximum atomic E-state index is 12.3. The van der Waals surface area contributed by atoms with Gasteiger partial charge in [-0.05, 0) is 10.3 Å². The minimum atomic E-state index is -0.204. The Morgan fingerprint density at radius 2 is 1.95 bits per heavy atom. The highest BCUT2D eigenvalue weighted by Gasteiger charge is 2.33. The standard InChI is InChI=1S/C15H20N5O2/c1-20(11-12-5-3-2-4-6-12)9-7-19(8-10-20)15(21)13-14(16)18-22-17-13/h2-6H,7-11H2,1H3,(H2,16,18)/q+1. The van der Waals surface area contributed by atoms with Crippen LogP contribution in [0, 0.1) is 0 Å². The van der Waals surface area contributed by atoms with Gasteiger partial charge >= 0.3 is 0 Å². The average Bonchev–Trinajstić information content (AvgIpc) is 2.94. The van der Waals surface area contributed by atoms with Crippen LogP contribution >= 0.6 is 0 Å². The van der Waals surface area contributed by atoms with Gasteiger partial charge in [0.05, 0.1) is 33.2 Å². The highest BCUT2D eigenvalue weighted by molar-refractivity contribution is 5.96. The minimum absolute atomic E-state index is 0.0529. The minimum Gasteiger partial charge on any atom is -0.379 e. The summed E-state index contributed by atoms with van der Waals surface area (Å²) in [4.78, 5) is 14.1. The topological polar surface area (TPSA) is 85.2 Å². The van der Waals surface area contributed by atoms with Crippen molar-refractivity contribution in [3.63, 3.8) is 0 Å². The van der Waals surface area contributed by atoms with Gasteiger partial charge in [-0.15, -0.1) is 0 Å². The third-order valence-corrected chi connectivity index (χ3v) is 4.23. The van der Waals surface area contributed by atoms with Crippen molar-refractivity contribution in [1.29, 1.82) is 0 Å². The molecular formula is C15H20N5O2+. The van der Waals surface area contributed by atoms with Gasteiger partial charge < -0.3 is 15.1 Å². The van der Waals surface area contributed by atoms with Crippen LogP contribution in [-0.4, -0.2) is 58.8 Å². The van der Waals surface area contributed by atoms with Crippen LogP contribution in [0.15, 0.2) is 35.0 Å². The number of benzene rings is 1. The number of carbonyl (C=O) groups is 1. The molecule has 0 unspecified atom stereocenters. The summed E-state index contributed by atoms with van der Waals surface area (Å²) in [6.45, 7) is 4.11. The quantitative estimate of drug-likeness (QED) is 0.846. The molecule has 1 aliphatic rings. The van der Waals surface area contributed by atoms with E-state index in [-0.39, 0.29) is 17.4 Å². The Hall–Kier alpha value is -2.41. The summed E-state index contributed by atoms with van der Waals surface area (Å²) < 4.78 is 5.42. The lowest BCUT2D eigenvalue weighted by atomic mass is 10.1. The van der Waals surface area contributed by atoms with E-state index in [9.17, 15) is 4.79 Å². The van der Waals surface area contributed by atoms with Crippen molar-refractivity contribution < 1.29 is 13.9 Å². The lowest BCUT2D eigenvalue weighted by Crippen LogP contribution is -2.57. The number of anilines is 1. The number of amides is 1. The SMILES string of the molecule is C[N+]1(Cc2ccccc2)CCN(C(=O)c2nonc2N)CC1. The van der Waals surface area contributed by atoms with Crippen molar-refractivity contribution in [1.82, 2.24) is 15.2 Å². The summed E-state index contributed by atoms with van der Waals surface area (Å²) in [5, 5.41) is 7.04. The molecular weight excluding hydrogens is 282 g/mol. The fraction of sp³-hybridized carbons (Fsp3) is 0.400. The second-order valence-corrected chi connectivity index (χ2v) is 6.00. The van der Waals surface area contributed by atoms with E-state index in [4.69, 9.17) is 5.73 Å². The van der Waals surface area contributed by atoms with Crippen molar-refractivity contribution in [2.45, 2.75) is 6.54 Å². The van der Waals surface area contributed by atoms with Gasteiger partial charge in [-0.1, -0.05) is 30.3 Å². The number of aromatic nitrogens is 2. The molecule has 2 heterocycles. The van der Waals surface area contributed by atoms with Gasteiger partial charge in [0.15, 0.2) is 0 Å². The van der Waals surface area contributed by atoms with Crippen molar-refractivity contribution in [3.05, 3.63) is 41.6 Å². The number of nitrogens with zero attached hydrogens (tertiary/aromatic N) is 4. The van der Waals surface area contributed by atoms with E-state index < -0.39 is 0 Å². The van der Waals surface area contributed by atoms with Gasteiger partial charge in [0.1, 0.15) is 6.54 Å². The summed E-state index contributed by atoms with van der Waals surface area (Å²) in [6.07, 6.45) is 0. The molecule has 1 amide bonds. The number of quaternary nitrogens is 1. The lowest BCUT2D eigenvalue weighted by molar-refractivity contribution is -0.926. The zero-order valence-corrected chi connectivity index (χ0v) is 12.6. The van der Waals surface area contributed by atoms with E-state index >= 15 is 0 Å². The van der Waals surface area contributed by atoms with E-state index in [0.717, 1.165) is 24.1 Å². The van der Waals surface area contributed by atoms with Crippen LogP contribution in [0.2, 0.25) is 0 Å². The highest BCUT2D eigenvalue weighted by Crippen LogP contribution is 2.18. The largest absolute Gasteiger partial charge is 0.379 e. The third-order valence-electron chi connectivity index (χ3n) is 4.23. The first-order valence-electron chi connectivity index (χ1n) is 7.32. The predicted octanol–water partition coefficient (Wildman–Crippen LogP) is 0.754. The van der Waals surface area contributed by atoms with E-state index in [2.05, 4.69) is 46.3 Å². The summed E-state index contributed by atoms with van der Waals surface area (Å²) in [5.41, 5.74) is 7.01. The number of likely N-dealkylation sites (N-methyl/N-ethyl adjacent to an activating group) is 1. The Morgan fingerprint density at radius 3 is 2.55 bits per heavy atom. The number of piperazine rings is 1. The van der Waals surface area contributed by atoms with Gasteiger partial charge in [-0.3, -0.25) is 4.79 Å². The molecule has 1 saturated heterocycles. The number of rotatable bonds is 3. The molecule has 0 bridgehead atoms. The maximum Gasteiger partial charge on any atom is 0.280 e. The Labute approximate surface area is 128 Å². The first kappa shape index (κ1) is 14.5. The van der Waals surface area contributed by atoms with Crippen LogP contribution in [0.3, 0.4) is 0 Å². The number of carbonyl (C=O) groups excluding carboxylic acids is 1. The number of hydrogen-bond acceptors (Lipinski definition) is 5. The van der Waals surface area contributed by atoms with Crippen molar-refractivity contribution in [3.8, 4) is 0 Å². The fourth-order valence-electron chi connectivity index (χ4n) is 2.83.